The van der Waals surface area contributed by atoms with Crippen molar-refractivity contribution in [2.75, 3.05) is 0 Å². The maximum atomic E-state index is 15.3. The van der Waals surface area contributed by atoms with Gasteiger partial charge in [-0.3, -0.25) is 4.79 Å². The van der Waals surface area contributed by atoms with Crippen molar-refractivity contribution >= 4 is 5.78 Å². The Morgan fingerprint density at radius 3 is 2.47 bits per heavy atom. The van der Waals surface area contributed by atoms with Crippen LogP contribution in [0.5, 0.6) is 0 Å². The third-order valence-electron chi connectivity index (χ3n) is 11.0. The summed E-state index contributed by atoms with van der Waals surface area (Å²) in [7, 11) is 0. The van der Waals surface area contributed by atoms with Crippen LogP contribution in [0.15, 0.2) is 0 Å². The smallest absolute Gasteiger partial charge is 0.167 e. The summed E-state index contributed by atoms with van der Waals surface area (Å²) < 4.78 is 15.3. The molecule has 1 N–H and O–H groups in total. The molecule has 2 nitrogen and oxygen atoms in total. The molecule has 0 saturated heterocycles. The summed E-state index contributed by atoms with van der Waals surface area (Å²) in [6.07, 6.45) is 8.92. The Bertz CT molecular complexity index is 649. The van der Waals surface area contributed by atoms with E-state index in [2.05, 4.69) is 34.6 Å². The summed E-state index contributed by atoms with van der Waals surface area (Å²) in [4.78, 5) is 12.3. The number of alkyl halides is 1. The van der Waals surface area contributed by atoms with Crippen LogP contribution < -0.4 is 0 Å². The highest BCUT2D eigenvalue weighted by Gasteiger charge is 2.66. The Balaban J connectivity index is 1.66. The molecule has 0 aromatic heterocycles. The summed E-state index contributed by atoms with van der Waals surface area (Å²) in [5.74, 6) is 2.16. The highest BCUT2D eigenvalue weighted by Crippen LogP contribution is 2.69. The zero-order valence-corrected chi connectivity index (χ0v) is 20.0. The minimum absolute atomic E-state index is 0.0746. The number of carbonyl (C=O) groups is 1. The third-order valence-corrected chi connectivity index (χ3v) is 11.0. The first-order valence-corrected chi connectivity index (χ1v) is 13.1. The zero-order chi connectivity index (χ0) is 21.8. The lowest BCUT2D eigenvalue weighted by Crippen LogP contribution is -2.64. The van der Waals surface area contributed by atoms with Crippen LogP contribution in [-0.2, 0) is 4.79 Å². The fourth-order valence-corrected chi connectivity index (χ4v) is 9.51. The molecule has 4 fully saturated rings. The van der Waals surface area contributed by atoms with Crippen molar-refractivity contribution in [1.29, 1.82) is 0 Å². The number of carbonyl (C=O) groups excluding carboxylic acids is 1. The summed E-state index contributed by atoms with van der Waals surface area (Å²) in [5, 5.41) is 11.7. The fraction of sp³-hybridized carbons (Fsp3) is 0.963. The van der Waals surface area contributed by atoms with Gasteiger partial charge in [0, 0.05) is 12.3 Å². The second-order valence-corrected chi connectivity index (χ2v) is 12.1. The molecule has 0 aromatic carbocycles. The van der Waals surface area contributed by atoms with E-state index in [0.717, 1.165) is 31.1 Å². The lowest BCUT2D eigenvalue weighted by molar-refractivity contribution is -0.207. The minimum atomic E-state index is -1.37. The molecule has 0 aromatic rings. The number of unbranched alkanes of at least 4 members (excludes halogenated alkanes) is 1. The third kappa shape index (κ3) is 3.15. The fourth-order valence-electron chi connectivity index (χ4n) is 9.51. The van der Waals surface area contributed by atoms with Gasteiger partial charge in [-0.2, -0.15) is 0 Å². The summed E-state index contributed by atoms with van der Waals surface area (Å²) in [6.45, 7) is 11.6. The maximum Gasteiger partial charge on any atom is 0.167 e. The van der Waals surface area contributed by atoms with Crippen LogP contribution >= 0.6 is 0 Å². The molecule has 4 rings (SSSR count). The Kier molecular flexibility index (Phi) is 6.19. The maximum absolute atomic E-state index is 15.3. The monoisotopic (exact) mass is 420 g/mol. The molecule has 0 spiro atoms. The van der Waals surface area contributed by atoms with Gasteiger partial charge in [0.05, 0.1) is 6.10 Å². The average Bonchev–Trinajstić information content (AvgIpc) is 3.08. The van der Waals surface area contributed by atoms with Gasteiger partial charge in [0.15, 0.2) is 12.0 Å². The average molecular weight is 421 g/mol. The van der Waals surface area contributed by atoms with Gasteiger partial charge in [0.1, 0.15) is 0 Å². The Labute approximate surface area is 183 Å². The van der Waals surface area contributed by atoms with E-state index < -0.39 is 12.3 Å². The number of hydrogen-bond acceptors (Lipinski definition) is 2. The first-order chi connectivity index (χ1) is 14.2. The molecule has 4 saturated carbocycles. The number of aliphatic hydroxyl groups is 1. The Morgan fingerprint density at radius 1 is 1.10 bits per heavy atom. The summed E-state index contributed by atoms with van der Waals surface area (Å²) in [6, 6.07) is 0. The van der Waals surface area contributed by atoms with Gasteiger partial charge >= 0.3 is 0 Å². The number of rotatable bonds is 5. The molecule has 3 heteroatoms. The van der Waals surface area contributed by atoms with Crippen molar-refractivity contribution in [1.82, 2.24) is 0 Å². The quantitative estimate of drug-likeness (QED) is 0.544. The van der Waals surface area contributed by atoms with Crippen molar-refractivity contribution in [3.05, 3.63) is 0 Å². The molecule has 0 aliphatic heterocycles. The SMILES string of the molecule is CCCC[C@@H](C)[C@H]1CC[C@H]2[C@@H]3[C@H](O)[C@H](CC)[C@@H]4[C@@H](F)C(=O)CC[C@]4(C)[C@H]3CC[C@]12C. The van der Waals surface area contributed by atoms with Crippen molar-refractivity contribution in [2.24, 2.45) is 52.3 Å². The number of halogens is 1. The summed E-state index contributed by atoms with van der Waals surface area (Å²) >= 11 is 0. The topological polar surface area (TPSA) is 37.3 Å². The Hall–Kier alpha value is -0.440. The van der Waals surface area contributed by atoms with E-state index in [1.165, 1.54) is 38.5 Å². The number of ketones is 1. The second kappa shape index (κ2) is 8.16. The van der Waals surface area contributed by atoms with Crippen LogP contribution in [0.4, 0.5) is 4.39 Å². The number of Topliss-reactive ketones (excluding diaryl/α,β-unsaturated/α-hetero) is 1. The van der Waals surface area contributed by atoms with Crippen molar-refractivity contribution < 1.29 is 14.3 Å². The molecule has 0 radical (unpaired) electrons. The van der Waals surface area contributed by atoms with Crippen LogP contribution in [0.3, 0.4) is 0 Å². The van der Waals surface area contributed by atoms with Crippen LogP contribution in [0, 0.1) is 52.3 Å². The largest absolute Gasteiger partial charge is 0.393 e. The number of aliphatic hydroxyl groups excluding tert-OH is 1. The van der Waals surface area contributed by atoms with E-state index in [0.29, 0.717) is 29.6 Å². The molecule has 0 amide bonds. The van der Waals surface area contributed by atoms with Gasteiger partial charge in [-0.05, 0) is 78.4 Å². The van der Waals surface area contributed by atoms with Gasteiger partial charge in [-0.15, -0.1) is 0 Å². The van der Waals surface area contributed by atoms with Gasteiger partial charge in [0.2, 0.25) is 0 Å². The van der Waals surface area contributed by atoms with E-state index in [-0.39, 0.29) is 23.0 Å². The second-order valence-electron chi connectivity index (χ2n) is 12.1. The van der Waals surface area contributed by atoms with Crippen LogP contribution in [0.1, 0.15) is 98.8 Å². The molecule has 4 aliphatic carbocycles. The molecule has 4 aliphatic rings. The van der Waals surface area contributed by atoms with E-state index in [1.54, 1.807) is 0 Å². The number of fused-ring (bicyclic) bond motifs is 5. The van der Waals surface area contributed by atoms with Crippen LogP contribution in [0.25, 0.3) is 0 Å². The van der Waals surface area contributed by atoms with Crippen molar-refractivity contribution in [2.45, 2.75) is 111 Å². The van der Waals surface area contributed by atoms with Crippen LogP contribution in [0.2, 0.25) is 0 Å². The minimum Gasteiger partial charge on any atom is -0.393 e. The normalized spacial score (nSPS) is 51.8. The van der Waals surface area contributed by atoms with E-state index in [1.807, 2.05) is 0 Å². The highest BCUT2D eigenvalue weighted by atomic mass is 19.1. The molecule has 0 heterocycles. The number of hydrogen-bond donors (Lipinski definition) is 1. The highest BCUT2D eigenvalue weighted by molar-refractivity contribution is 5.84. The van der Waals surface area contributed by atoms with E-state index >= 15 is 4.39 Å². The predicted octanol–water partition coefficient (Wildman–Crippen LogP) is 6.60. The van der Waals surface area contributed by atoms with Gasteiger partial charge < -0.3 is 5.11 Å². The lowest BCUT2D eigenvalue weighted by Gasteiger charge is -2.64. The van der Waals surface area contributed by atoms with Crippen molar-refractivity contribution in [3.63, 3.8) is 0 Å². The molecule has 172 valence electrons. The van der Waals surface area contributed by atoms with Gasteiger partial charge in [-0.25, -0.2) is 4.39 Å². The lowest BCUT2D eigenvalue weighted by atomic mass is 9.41. The van der Waals surface area contributed by atoms with E-state index in [9.17, 15) is 9.90 Å². The van der Waals surface area contributed by atoms with Gasteiger partial charge in [-0.1, -0.05) is 60.3 Å². The van der Waals surface area contributed by atoms with Crippen LogP contribution in [-0.4, -0.2) is 23.2 Å². The molecular weight excluding hydrogens is 375 g/mol. The Morgan fingerprint density at radius 2 is 1.80 bits per heavy atom. The molecule has 11 atom stereocenters. The van der Waals surface area contributed by atoms with Gasteiger partial charge in [0.25, 0.3) is 0 Å². The molecule has 0 unspecified atom stereocenters. The first kappa shape index (κ1) is 22.7. The van der Waals surface area contributed by atoms with Crippen molar-refractivity contribution in [3.8, 4) is 0 Å². The molecular formula is C27H45FO2. The molecule has 30 heavy (non-hydrogen) atoms. The molecule has 0 bridgehead atoms. The summed E-state index contributed by atoms with van der Waals surface area (Å²) in [5.41, 5.74) is 0.182. The standard InChI is InChI=1S/C27H45FO2/c1-6-8-9-16(3)18-10-11-19-22-20(12-14-26(18,19)4)27(5)15-13-21(29)24(28)23(27)17(7-2)25(22)30/h16-20,22-25,30H,6-15H2,1-5H3/t16-,17-,18-,19+,20+,22+,23-,24+,25-,26-,27-/m1/s1. The zero-order valence-electron chi connectivity index (χ0n) is 20.0. The first-order valence-electron chi connectivity index (χ1n) is 13.1. The predicted molar refractivity (Wildman–Crippen MR) is 120 cm³/mol. The van der Waals surface area contributed by atoms with E-state index in [4.69, 9.17) is 0 Å².